The molecule has 0 bridgehead atoms. The lowest BCUT2D eigenvalue weighted by Crippen LogP contribution is -2.27. The zero-order chi connectivity index (χ0) is 11.4. The second-order valence-corrected chi connectivity index (χ2v) is 4.07. The van der Waals surface area contributed by atoms with Gasteiger partial charge in [0.05, 0.1) is 0 Å². The molecule has 84 valence electrons. The lowest BCUT2D eigenvalue weighted by molar-refractivity contribution is 0.226. The maximum atomic E-state index is 9.01. The average molecular weight is 209 g/mol. The molecule has 1 aromatic rings. The molecule has 0 aromatic carbocycles. The zero-order valence-corrected chi connectivity index (χ0v) is 9.78. The first kappa shape index (κ1) is 11.9. The molecular formula is C11H19N3O. The van der Waals surface area contributed by atoms with Crippen molar-refractivity contribution in [1.82, 2.24) is 9.97 Å². The van der Waals surface area contributed by atoms with E-state index in [4.69, 9.17) is 5.11 Å². The lowest BCUT2D eigenvalue weighted by Gasteiger charge is -2.19. The SMILES string of the molecule is Cc1cc(C)nc(NC(C)C(C)CO)n1. The predicted octanol–water partition coefficient (Wildman–Crippen LogP) is 1.52. The van der Waals surface area contributed by atoms with Gasteiger partial charge >= 0.3 is 0 Å². The van der Waals surface area contributed by atoms with E-state index in [9.17, 15) is 0 Å². The minimum atomic E-state index is 0.163. The van der Waals surface area contributed by atoms with E-state index < -0.39 is 0 Å². The quantitative estimate of drug-likeness (QED) is 0.789. The zero-order valence-electron chi connectivity index (χ0n) is 9.78. The summed E-state index contributed by atoms with van der Waals surface area (Å²) in [4.78, 5) is 8.57. The van der Waals surface area contributed by atoms with E-state index in [0.717, 1.165) is 11.4 Å². The molecule has 0 aliphatic rings. The van der Waals surface area contributed by atoms with Crippen LogP contribution in [0.25, 0.3) is 0 Å². The predicted molar refractivity (Wildman–Crippen MR) is 60.8 cm³/mol. The van der Waals surface area contributed by atoms with E-state index in [0.29, 0.717) is 5.95 Å². The molecule has 2 N–H and O–H groups in total. The number of hydrogen-bond donors (Lipinski definition) is 2. The Labute approximate surface area is 90.8 Å². The number of aliphatic hydroxyl groups excluding tert-OH is 1. The van der Waals surface area contributed by atoms with Gasteiger partial charge in [0.15, 0.2) is 0 Å². The molecule has 1 aromatic heterocycles. The second-order valence-electron chi connectivity index (χ2n) is 4.07. The van der Waals surface area contributed by atoms with Crippen molar-refractivity contribution in [3.63, 3.8) is 0 Å². The highest BCUT2D eigenvalue weighted by atomic mass is 16.3. The van der Waals surface area contributed by atoms with Gasteiger partial charge in [-0.25, -0.2) is 9.97 Å². The Balaban J connectivity index is 2.72. The molecule has 2 atom stereocenters. The molecule has 0 aliphatic heterocycles. The monoisotopic (exact) mass is 209 g/mol. The summed E-state index contributed by atoms with van der Waals surface area (Å²) in [5.41, 5.74) is 1.91. The van der Waals surface area contributed by atoms with Gasteiger partial charge in [-0.1, -0.05) is 6.92 Å². The van der Waals surface area contributed by atoms with Gasteiger partial charge in [-0.15, -0.1) is 0 Å². The van der Waals surface area contributed by atoms with Crippen LogP contribution in [0.4, 0.5) is 5.95 Å². The number of hydrogen-bond acceptors (Lipinski definition) is 4. The lowest BCUT2D eigenvalue weighted by atomic mass is 10.1. The summed E-state index contributed by atoms with van der Waals surface area (Å²) >= 11 is 0. The fourth-order valence-electron chi connectivity index (χ4n) is 1.29. The van der Waals surface area contributed by atoms with Crippen molar-refractivity contribution < 1.29 is 5.11 Å². The maximum absolute atomic E-state index is 9.01. The largest absolute Gasteiger partial charge is 0.396 e. The Bertz CT molecular complexity index is 307. The fraction of sp³-hybridized carbons (Fsp3) is 0.636. The van der Waals surface area contributed by atoms with Crippen LogP contribution in [-0.2, 0) is 0 Å². The Kier molecular flexibility index (Phi) is 4.03. The molecular weight excluding hydrogens is 190 g/mol. The Morgan fingerprint density at radius 3 is 2.27 bits per heavy atom. The standard InChI is InChI=1S/C11H19N3O/c1-7(6-15)10(4)14-11-12-8(2)5-9(3)13-11/h5,7,10,15H,6H2,1-4H3,(H,12,13,14). The first-order valence-electron chi connectivity index (χ1n) is 5.22. The third kappa shape index (κ3) is 3.47. The van der Waals surface area contributed by atoms with Crippen LogP contribution in [0.1, 0.15) is 25.2 Å². The first-order chi connectivity index (χ1) is 7.02. The molecule has 4 heteroatoms. The molecule has 0 fully saturated rings. The van der Waals surface area contributed by atoms with Gasteiger partial charge in [-0.2, -0.15) is 0 Å². The molecule has 15 heavy (non-hydrogen) atoms. The van der Waals surface area contributed by atoms with Crippen LogP contribution < -0.4 is 5.32 Å². The van der Waals surface area contributed by atoms with Crippen molar-refractivity contribution in [3.8, 4) is 0 Å². The van der Waals surface area contributed by atoms with E-state index in [1.807, 2.05) is 33.8 Å². The Morgan fingerprint density at radius 1 is 1.27 bits per heavy atom. The summed E-state index contributed by atoms with van der Waals surface area (Å²) in [6, 6.07) is 2.10. The minimum absolute atomic E-state index is 0.163. The van der Waals surface area contributed by atoms with Gasteiger partial charge < -0.3 is 10.4 Å². The van der Waals surface area contributed by atoms with Crippen LogP contribution in [0.3, 0.4) is 0 Å². The van der Waals surface area contributed by atoms with E-state index in [1.54, 1.807) is 0 Å². The van der Waals surface area contributed by atoms with Gasteiger partial charge in [0.2, 0.25) is 5.95 Å². The summed E-state index contributed by atoms with van der Waals surface area (Å²) in [5.74, 6) is 0.828. The minimum Gasteiger partial charge on any atom is -0.396 e. The van der Waals surface area contributed by atoms with Crippen molar-refractivity contribution in [2.24, 2.45) is 5.92 Å². The van der Waals surface area contributed by atoms with Crippen molar-refractivity contribution >= 4 is 5.95 Å². The molecule has 0 saturated carbocycles. The van der Waals surface area contributed by atoms with Gasteiger partial charge in [0.1, 0.15) is 0 Å². The second kappa shape index (κ2) is 5.07. The van der Waals surface area contributed by atoms with Gasteiger partial charge in [-0.05, 0) is 32.8 Å². The average Bonchev–Trinajstić information content (AvgIpc) is 2.14. The number of nitrogens with one attached hydrogen (secondary N) is 1. The van der Waals surface area contributed by atoms with Crippen molar-refractivity contribution in [3.05, 3.63) is 17.5 Å². The highest BCUT2D eigenvalue weighted by Gasteiger charge is 2.12. The van der Waals surface area contributed by atoms with Crippen LogP contribution in [0.5, 0.6) is 0 Å². The Hall–Kier alpha value is -1.16. The van der Waals surface area contributed by atoms with Gasteiger partial charge in [0, 0.05) is 24.0 Å². The number of aromatic nitrogens is 2. The van der Waals surface area contributed by atoms with Crippen molar-refractivity contribution in [2.75, 3.05) is 11.9 Å². The summed E-state index contributed by atoms with van der Waals surface area (Å²) in [7, 11) is 0. The van der Waals surface area contributed by atoms with Gasteiger partial charge in [0.25, 0.3) is 0 Å². The highest BCUT2D eigenvalue weighted by molar-refractivity contribution is 5.28. The van der Waals surface area contributed by atoms with Crippen LogP contribution in [0.2, 0.25) is 0 Å². The molecule has 1 heterocycles. The molecule has 0 spiro atoms. The normalized spacial score (nSPS) is 14.7. The van der Waals surface area contributed by atoms with Crippen LogP contribution in [-0.4, -0.2) is 27.7 Å². The van der Waals surface area contributed by atoms with Gasteiger partial charge in [-0.3, -0.25) is 0 Å². The fourth-order valence-corrected chi connectivity index (χ4v) is 1.29. The van der Waals surface area contributed by atoms with E-state index in [-0.39, 0.29) is 18.6 Å². The van der Waals surface area contributed by atoms with Crippen LogP contribution >= 0.6 is 0 Å². The molecule has 4 nitrogen and oxygen atoms in total. The summed E-state index contributed by atoms with van der Waals surface area (Å²) in [6.45, 7) is 8.06. The van der Waals surface area contributed by atoms with Crippen LogP contribution in [0, 0.1) is 19.8 Å². The topological polar surface area (TPSA) is 58.0 Å². The third-order valence-electron chi connectivity index (χ3n) is 2.48. The van der Waals surface area contributed by atoms with Crippen molar-refractivity contribution in [2.45, 2.75) is 33.7 Å². The summed E-state index contributed by atoms with van der Waals surface area (Å²) in [6.07, 6.45) is 0. The molecule has 0 amide bonds. The number of rotatable bonds is 4. The summed E-state index contributed by atoms with van der Waals surface area (Å²) in [5, 5.41) is 12.2. The summed E-state index contributed by atoms with van der Waals surface area (Å²) < 4.78 is 0. The molecule has 1 rings (SSSR count). The number of nitrogens with zero attached hydrogens (tertiary/aromatic N) is 2. The Morgan fingerprint density at radius 2 is 1.80 bits per heavy atom. The third-order valence-corrected chi connectivity index (χ3v) is 2.48. The molecule has 0 aliphatic carbocycles. The maximum Gasteiger partial charge on any atom is 0.223 e. The number of aryl methyl sites for hydroxylation is 2. The van der Waals surface area contributed by atoms with E-state index in [1.165, 1.54) is 0 Å². The first-order valence-corrected chi connectivity index (χ1v) is 5.22. The highest BCUT2D eigenvalue weighted by Crippen LogP contribution is 2.09. The van der Waals surface area contributed by atoms with E-state index in [2.05, 4.69) is 15.3 Å². The van der Waals surface area contributed by atoms with Crippen molar-refractivity contribution in [1.29, 1.82) is 0 Å². The molecule has 0 radical (unpaired) electrons. The van der Waals surface area contributed by atoms with E-state index >= 15 is 0 Å². The molecule has 2 unspecified atom stereocenters. The number of anilines is 1. The van der Waals surface area contributed by atoms with Crippen LogP contribution in [0.15, 0.2) is 6.07 Å². The molecule has 0 saturated heterocycles. The number of aliphatic hydroxyl groups is 1. The smallest absolute Gasteiger partial charge is 0.223 e.